The molecule has 0 aromatic heterocycles. The average Bonchev–Trinajstić information content (AvgIpc) is 2.59. The first-order chi connectivity index (χ1) is 11.1. The number of rotatable bonds is 6. The van der Waals surface area contributed by atoms with Gasteiger partial charge in [-0.1, -0.05) is 36.5 Å². The minimum absolute atomic E-state index is 0.556. The van der Waals surface area contributed by atoms with Crippen molar-refractivity contribution in [2.45, 2.75) is 13.5 Å². The van der Waals surface area contributed by atoms with E-state index in [0.29, 0.717) is 28.8 Å². The summed E-state index contributed by atoms with van der Waals surface area (Å²) in [5.74, 6) is 1.73. The van der Waals surface area contributed by atoms with E-state index in [0.717, 1.165) is 5.56 Å². The molecule has 0 saturated heterocycles. The van der Waals surface area contributed by atoms with Gasteiger partial charge in [0.1, 0.15) is 4.99 Å². The number of aryl methyl sites for hydroxylation is 1. The van der Waals surface area contributed by atoms with Gasteiger partial charge in [0.2, 0.25) is 5.75 Å². The van der Waals surface area contributed by atoms with Gasteiger partial charge in [-0.15, -0.1) is 0 Å². The second kappa shape index (κ2) is 7.83. The van der Waals surface area contributed by atoms with Gasteiger partial charge in [0.15, 0.2) is 11.5 Å². The van der Waals surface area contributed by atoms with Crippen LogP contribution in [-0.2, 0) is 6.54 Å². The highest BCUT2D eigenvalue weighted by atomic mass is 32.1. The highest BCUT2D eigenvalue weighted by Gasteiger charge is 2.15. The van der Waals surface area contributed by atoms with Gasteiger partial charge in [-0.2, -0.15) is 0 Å². The summed E-state index contributed by atoms with van der Waals surface area (Å²) in [5, 5.41) is 3.28. The Morgan fingerprint density at radius 3 is 2.13 bits per heavy atom. The molecule has 0 radical (unpaired) electrons. The molecule has 2 aromatic rings. The third-order valence-corrected chi connectivity index (χ3v) is 4.01. The number of hydrogen-bond acceptors (Lipinski definition) is 4. The van der Waals surface area contributed by atoms with Gasteiger partial charge in [-0.3, -0.25) is 0 Å². The molecule has 0 unspecified atom stereocenters. The molecule has 0 aliphatic heterocycles. The van der Waals surface area contributed by atoms with E-state index in [-0.39, 0.29) is 0 Å². The number of nitrogens with one attached hydrogen (secondary N) is 1. The van der Waals surface area contributed by atoms with Crippen molar-refractivity contribution in [1.82, 2.24) is 5.32 Å². The molecule has 0 saturated carbocycles. The Balaban J connectivity index is 2.20. The summed E-state index contributed by atoms with van der Waals surface area (Å²) in [7, 11) is 4.75. The molecule has 1 N–H and O–H groups in total. The molecule has 0 amide bonds. The molecule has 0 fully saturated rings. The summed E-state index contributed by atoms with van der Waals surface area (Å²) < 4.78 is 16.0. The molecule has 0 aliphatic rings. The van der Waals surface area contributed by atoms with E-state index in [2.05, 4.69) is 24.4 Å². The maximum Gasteiger partial charge on any atom is 0.203 e. The van der Waals surface area contributed by atoms with Crippen LogP contribution in [0.25, 0.3) is 0 Å². The number of hydrogen-bond donors (Lipinski definition) is 1. The van der Waals surface area contributed by atoms with Crippen molar-refractivity contribution in [1.29, 1.82) is 0 Å². The molecular formula is C18H21NO3S. The van der Waals surface area contributed by atoms with Crippen molar-refractivity contribution >= 4 is 17.2 Å². The zero-order chi connectivity index (χ0) is 16.8. The standard InChI is InChI=1S/C18H21NO3S/c1-12-7-5-6-8-13(12)11-19-18(23)14-9-15(20-2)17(22-4)16(10-14)21-3/h5-10H,11H2,1-4H3,(H,19,23). The van der Waals surface area contributed by atoms with Gasteiger partial charge in [-0.05, 0) is 30.2 Å². The lowest BCUT2D eigenvalue weighted by Crippen LogP contribution is -2.22. The summed E-state index contributed by atoms with van der Waals surface area (Å²) in [4.78, 5) is 0.632. The predicted molar refractivity (Wildman–Crippen MR) is 95.8 cm³/mol. The summed E-state index contributed by atoms with van der Waals surface area (Å²) >= 11 is 5.49. The Morgan fingerprint density at radius 2 is 1.61 bits per heavy atom. The lowest BCUT2D eigenvalue weighted by atomic mass is 10.1. The van der Waals surface area contributed by atoms with E-state index in [9.17, 15) is 0 Å². The first-order valence-corrected chi connectivity index (χ1v) is 7.64. The van der Waals surface area contributed by atoms with Gasteiger partial charge < -0.3 is 19.5 Å². The van der Waals surface area contributed by atoms with E-state index in [4.69, 9.17) is 26.4 Å². The zero-order valence-electron chi connectivity index (χ0n) is 13.8. The fourth-order valence-corrected chi connectivity index (χ4v) is 2.49. The Labute approximate surface area is 142 Å². The molecule has 0 atom stereocenters. The lowest BCUT2D eigenvalue weighted by molar-refractivity contribution is 0.324. The van der Waals surface area contributed by atoms with E-state index in [1.807, 2.05) is 24.3 Å². The molecule has 2 aromatic carbocycles. The van der Waals surface area contributed by atoms with Crippen molar-refractivity contribution < 1.29 is 14.2 Å². The van der Waals surface area contributed by atoms with Crippen molar-refractivity contribution in [3.63, 3.8) is 0 Å². The van der Waals surface area contributed by atoms with Crippen molar-refractivity contribution in [2.75, 3.05) is 21.3 Å². The lowest BCUT2D eigenvalue weighted by Gasteiger charge is -2.15. The van der Waals surface area contributed by atoms with Crippen LogP contribution in [-0.4, -0.2) is 26.3 Å². The first-order valence-electron chi connectivity index (χ1n) is 7.23. The molecule has 122 valence electrons. The smallest absolute Gasteiger partial charge is 0.203 e. The molecule has 23 heavy (non-hydrogen) atoms. The van der Waals surface area contributed by atoms with Crippen LogP contribution in [0, 0.1) is 6.92 Å². The van der Waals surface area contributed by atoms with Gasteiger partial charge in [0.25, 0.3) is 0 Å². The third kappa shape index (κ3) is 3.93. The van der Waals surface area contributed by atoms with Crippen LogP contribution in [0.1, 0.15) is 16.7 Å². The molecule has 0 spiro atoms. The van der Waals surface area contributed by atoms with E-state index >= 15 is 0 Å². The van der Waals surface area contributed by atoms with Crippen molar-refractivity contribution in [3.05, 3.63) is 53.1 Å². The summed E-state index contributed by atoms with van der Waals surface area (Å²) in [6, 6.07) is 11.9. The van der Waals surface area contributed by atoms with Gasteiger partial charge >= 0.3 is 0 Å². The molecule has 0 heterocycles. The Morgan fingerprint density at radius 1 is 1.00 bits per heavy atom. The van der Waals surface area contributed by atoms with Crippen LogP contribution in [0.5, 0.6) is 17.2 Å². The molecule has 0 aliphatic carbocycles. The first kappa shape index (κ1) is 17.1. The predicted octanol–water partition coefficient (Wildman–Crippen LogP) is 3.49. The minimum atomic E-state index is 0.556. The monoisotopic (exact) mass is 331 g/mol. The molecule has 5 heteroatoms. The van der Waals surface area contributed by atoms with Crippen LogP contribution in [0.3, 0.4) is 0 Å². The molecule has 4 nitrogen and oxygen atoms in total. The van der Waals surface area contributed by atoms with Crippen LogP contribution in [0.2, 0.25) is 0 Å². The number of benzene rings is 2. The largest absolute Gasteiger partial charge is 0.493 e. The molecule has 2 rings (SSSR count). The highest BCUT2D eigenvalue weighted by molar-refractivity contribution is 7.80. The Kier molecular flexibility index (Phi) is 5.82. The van der Waals surface area contributed by atoms with E-state index in [1.54, 1.807) is 21.3 Å². The molecule has 0 bridgehead atoms. The van der Waals surface area contributed by atoms with Gasteiger partial charge in [-0.25, -0.2) is 0 Å². The number of thiocarbonyl (C=S) groups is 1. The normalized spacial score (nSPS) is 10.1. The van der Waals surface area contributed by atoms with Crippen molar-refractivity contribution in [3.8, 4) is 17.2 Å². The van der Waals surface area contributed by atoms with Crippen LogP contribution >= 0.6 is 12.2 Å². The van der Waals surface area contributed by atoms with E-state index < -0.39 is 0 Å². The number of methoxy groups -OCH3 is 3. The highest BCUT2D eigenvalue weighted by Crippen LogP contribution is 2.38. The van der Waals surface area contributed by atoms with Crippen LogP contribution in [0.15, 0.2) is 36.4 Å². The SMILES string of the molecule is COc1cc(C(=S)NCc2ccccc2C)cc(OC)c1OC. The Hall–Kier alpha value is -2.27. The summed E-state index contributed by atoms with van der Waals surface area (Å²) in [6.45, 7) is 2.75. The minimum Gasteiger partial charge on any atom is -0.493 e. The third-order valence-electron chi connectivity index (χ3n) is 3.63. The maximum absolute atomic E-state index is 5.49. The zero-order valence-corrected chi connectivity index (χ0v) is 14.6. The van der Waals surface area contributed by atoms with E-state index in [1.165, 1.54) is 11.1 Å². The summed E-state index contributed by atoms with van der Waals surface area (Å²) in [6.07, 6.45) is 0. The summed E-state index contributed by atoms with van der Waals surface area (Å²) in [5.41, 5.74) is 3.26. The average molecular weight is 331 g/mol. The maximum atomic E-state index is 5.49. The van der Waals surface area contributed by atoms with Crippen LogP contribution < -0.4 is 19.5 Å². The second-order valence-corrected chi connectivity index (χ2v) is 5.43. The Bertz CT molecular complexity index is 675. The quantitative estimate of drug-likeness (QED) is 0.821. The topological polar surface area (TPSA) is 39.7 Å². The fraction of sp³-hybridized carbons (Fsp3) is 0.278. The number of ether oxygens (including phenoxy) is 3. The van der Waals surface area contributed by atoms with Crippen molar-refractivity contribution in [2.24, 2.45) is 0 Å². The van der Waals surface area contributed by atoms with Crippen LogP contribution in [0.4, 0.5) is 0 Å². The van der Waals surface area contributed by atoms with Gasteiger partial charge in [0.05, 0.1) is 21.3 Å². The molecular weight excluding hydrogens is 310 g/mol. The second-order valence-electron chi connectivity index (χ2n) is 5.02. The van der Waals surface area contributed by atoms with Gasteiger partial charge in [0, 0.05) is 12.1 Å². The fourth-order valence-electron chi connectivity index (χ4n) is 2.30.